The van der Waals surface area contributed by atoms with Crippen molar-refractivity contribution in [1.82, 2.24) is 24.4 Å². The highest BCUT2D eigenvalue weighted by molar-refractivity contribution is 5.93. The van der Waals surface area contributed by atoms with Crippen molar-refractivity contribution in [2.45, 2.75) is 24.8 Å². The lowest BCUT2D eigenvalue weighted by Crippen LogP contribution is -2.56. The van der Waals surface area contributed by atoms with Gasteiger partial charge in [-0.3, -0.25) is 9.78 Å². The van der Waals surface area contributed by atoms with Crippen LogP contribution in [0.1, 0.15) is 34.7 Å². The van der Waals surface area contributed by atoms with Crippen LogP contribution in [0.3, 0.4) is 0 Å². The molecule has 2 aromatic heterocycles. The van der Waals surface area contributed by atoms with E-state index in [2.05, 4.69) is 19.5 Å². The van der Waals surface area contributed by atoms with E-state index >= 15 is 0 Å². The van der Waals surface area contributed by atoms with Crippen LogP contribution in [0.25, 0.3) is 0 Å². The molecule has 2 aliphatic heterocycles. The molecule has 0 bridgehead atoms. The maximum atomic E-state index is 13.3. The molecule has 0 saturated carbocycles. The van der Waals surface area contributed by atoms with E-state index in [9.17, 15) is 4.79 Å². The first kappa shape index (κ1) is 16.0. The highest BCUT2D eigenvalue weighted by Gasteiger charge is 2.48. The molecule has 1 fully saturated rings. The number of methoxy groups -OCH3 is 1. The molecule has 0 aromatic carbocycles. The minimum atomic E-state index is -0.436. The van der Waals surface area contributed by atoms with Crippen LogP contribution < -0.4 is 4.74 Å². The summed E-state index contributed by atoms with van der Waals surface area (Å²) in [5.74, 6) is 0.201. The fourth-order valence-corrected chi connectivity index (χ4v) is 3.90. The number of aromatic nitrogens is 4. The first-order valence-electron chi connectivity index (χ1n) is 8.42. The topological polar surface area (TPSA) is 82.4 Å². The Hall–Kier alpha value is -2.48. The van der Waals surface area contributed by atoms with E-state index in [1.165, 1.54) is 25.2 Å². The summed E-state index contributed by atoms with van der Waals surface area (Å²) in [6.07, 6.45) is 7.07. The minimum Gasteiger partial charge on any atom is -0.480 e. The standard InChI is InChI=1S/C17H21N5O3/c1-21-11-19-15-13(21)3-6-22(17(15)4-7-25-8-5-17)16(23)12-9-18-10-14(20-12)24-2/h9-11H,3-8H2,1-2H3. The number of hydrogen-bond donors (Lipinski definition) is 0. The highest BCUT2D eigenvalue weighted by atomic mass is 16.5. The van der Waals surface area contributed by atoms with Gasteiger partial charge in [0.05, 0.1) is 37.1 Å². The summed E-state index contributed by atoms with van der Waals surface area (Å²) in [7, 11) is 3.52. The normalized spacial score (nSPS) is 18.9. The Kier molecular flexibility index (Phi) is 3.91. The van der Waals surface area contributed by atoms with E-state index in [0.717, 1.165) is 25.0 Å². The maximum Gasteiger partial charge on any atom is 0.275 e. The minimum absolute atomic E-state index is 0.135. The van der Waals surface area contributed by atoms with Gasteiger partial charge in [0.25, 0.3) is 5.91 Å². The summed E-state index contributed by atoms with van der Waals surface area (Å²) in [6.45, 7) is 1.86. The average molecular weight is 343 g/mol. The number of hydrogen-bond acceptors (Lipinski definition) is 6. The molecule has 0 unspecified atom stereocenters. The molecule has 0 radical (unpaired) electrons. The van der Waals surface area contributed by atoms with E-state index in [0.29, 0.717) is 31.3 Å². The second kappa shape index (κ2) is 6.11. The fourth-order valence-electron chi connectivity index (χ4n) is 3.90. The van der Waals surface area contributed by atoms with Crippen molar-refractivity contribution in [3.05, 3.63) is 35.8 Å². The largest absolute Gasteiger partial charge is 0.480 e. The average Bonchev–Trinajstić information content (AvgIpc) is 3.04. The highest BCUT2D eigenvalue weighted by Crippen LogP contribution is 2.42. The molecule has 2 aliphatic rings. The Morgan fingerprint density at radius 2 is 2.12 bits per heavy atom. The van der Waals surface area contributed by atoms with Crippen LogP contribution in [0, 0.1) is 0 Å². The first-order chi connectivity index (χ1) is 12.2. The summed E-state index contributed by atoms with van der Waals surface area (Å²) in [6, 6.07) is 0. The lowest BCUT2D eigenvalue weighted by molar-refractivity contribution is -0.0299. The molecule has 1 amide bonds. The third kappa shape index (κ3) is 2.48. The van der Waals surface area contributed by atoms with Crippen LogP contribution in [-0.4, -0.2) is 57.2 Å². The lowest BCUT2D eigenvalue weighted by Gasteiger charge is -2.48. The zero-order valence-electron chi connectivity index (χ0n) is 14.4. The maximum absolute atomic E-state index is 13.3. The summed E-state index contributed by atoms with van der Waals surface area (Å²) >= 11 is 0. The predicted octanol–water partition coefficient (Wildman–Crippen LogP) is 0.923. The number of imidazole rings is 1. The molecule has 132 valence electrons. The third-order valence-corrected chi connectivity index (χ3v) is 5.19. The number of aryl methyl sites for hydroxylation is 1. The summed E-state index contributed by atoms with van der Waals surface area (Å²) in [5, 5.41) is 0. The van der Waals surface area contributed by atoms with Gasteiger partial charge in [0.15, 0.2) is 5.69 Å². The monoisotopic (exact) mass is 343 g/mol. The van der Waals surface area contributed by atoms with Crippen LogP contribution in [-0.2, 0) is 23.7 Å². The Morgan fingerprint density at radius 3 is 2.88 bits per heavy atom. The SMILES string of the molecule is COc1cncc(C(=O)N2CCc3c(ncn3C)C23CCOCC3)n1. The number of ether oxygens (including phenoxy) is 2. The Labute approximate surface area is 145 Å². The lowest BCUT2D eigenvalue weighted by atomic mass is 9.80. The molecule has 0 N–H and O–H groups in total. The zero-order chi connectivity index (χ0) is 17.4. The molecular weight excluding hydrogens is 322 g/mol. The van der Waals surface area contributed by atoms with Crippen molar-refractivity contribution < 1.29 is 14.3 Å². The first-order valence-corrected chi connectivity index (χ1v) is 8.42. The van der Waals surface area contributed by atoms with E-state index in [1.807, 2.05) is 18.3 Å². The number of carbonyl (C=O) groups is 1. The predicted molar refractivity (Wildman–Crippen MR) is 88.3 cm³/mol. The molecule has 8 nitrogen and oxygen atoms in total. The second-order valence-corrected chi connectivity index (χ2v) is 6.45. The van der Waals surface area contributed by atoms with Gasteiger partial charge in [-0.2, -0.15) is 0 Å². The van der Waals surface area contributed by atoms with Crippen LogP contribution in [0.15, 0.2) is 18.7 Å². The smallest absolute Gasteiger partial charge is 0.275 e. The molecule has 25 heavy (non-hydrogen) atoms. The van der Waals surface area contributed by atoms with Crippen molar-refractivity contribution in [1.29, 1.82) is 0 Å². The molecule has 1 saturated heterocycles. The summed E-state index contributed by atoms with van der Waals surface area (Å²) < 4.78 is 12.7. The van der Waals surface area contributed by atoms with E-state index in [1.54, 1.807) is 0 Å². The van der Waals surface area contributed by atoms with Crippen molar-refractivity contribution in [2.24, 2.45) is 7.05 Å². The Morgan fingerprint density at radius 1 is 1.32 bits per heavy atom. The molecular formula is C17H21N5O3. The fraction of sp³-hybridized carbons (Fsp3) is 0.529. The van der Waals surface area contributed by atoms with Gasteiger partial charge in [0.1, 0.15) is 0 Å². The van der Waals surface area contributed by atoms with Crippen molar-refractivity contribution in [3.63, 3.8) is 0 Å². The molecule has 8 heteroatoms. The number of nitrogens with zero attached hydrogens (tertiary/aromatic N) is 5. The van der Waals surface area contributed by atoms with E-state index in [-0.39, 0.29) is 5.91 Å². The Balaban J connectivity index is 1.76. The summed E-state index contributed by atoms with van der Waals surface area (Å²) in [5.41, 5.74) is 2.05. The van der Waals surface area contributed by atoms with Crippen LogP contribution in [0.4, 0.5) is 0 Å². The molecule has 4 rings (SSSR count). The van der Waals surface area contributed by atoms with Gasteiger partial charge < -0.3 is 18.9 Å². The van der Waals surface area contributed by atoms with Crippen molar-refractivity contribution in [2.75, 3.05) is 26.9 Å². The van der Waals surface area contributed by atoms with Crippen LogP contribution >= 0.6 is 0 Å². The molecule has 0 atom stereocenters. The molecule has 2 aromatic rings. The Bertz CT molecular complexity index is 797. The van der Waals surface area contributed by atoms with Gasteiger partial charge in [0, 0.05) is 38.9 Å². The van der Waals surface area contributed by atoms with Crippen LogP contribution in [0.2, 0.25) is 0 Å². The van der Waals surface area contributed by atoms with Gasteiger partial charge in [0.2, 0.25) is 5.88 Å². The molecule has 0 aliphatic carbocycles. The van der Waals surface area contributed by atoms with E-state index < -0.39 is 5.54 Å². The van der Waals surface area contributed by atoms with E-state index in [4.69, 9.17) is 9.47 Å². The van der Waals surface area contributed by atoms with Crippen molar-refractivity contribution in [3.8, 4) is 5.88 Å². The van der Waals surface area contributed by atoms with Gasteiger partial charge in [-0.1, -0.05) is 0 Å². The number of amides is 1. The molecule has 1 spiro atoms. The van der Waals surface area contributed by atoms with Gasteiger partial charge >= 0.3 is 0 Å². The number of rotatable bonds is 2. The molecule has 4 heterocycles. The number of carbonyl (C=O) groups excluding carboxylic acids is 1. The quantitative estimate of drug-likeness (QED) is 0.806. The van der Waals surface area contributed by atoms with Gasteiger partial charge in [-0.05, 0) is 12.8 Å². The summed E-state index contributed by atoms with van der Waals surface area (Å²) in [4.78, 5) is 28.2. The van der Waals surface area contributed by atoms with Crippen molar-refractivity contribution >= 4 is 5.91 Å². The van der Waals surface area contributed by atoms with Gasteiger partial charge in [-0.25, -0.2) is 9.97 Å². The second-order valence-electron chi connectivity index (χ2n) is 6.45. The van der Waals surface area contributed by atoms with Crippen LogP contribution in [0.5, 0.6) is 5.88 Å². The third-order valence-electron chi connectivity index (χ3n) is 5.19. The zero-order valence-corrected chi connectivity index (χ0v) is 14.4. The van der Waals surface area contributed by atoms with Gasteiger partial charge in [-0.15, -0.1) is 0 Å². The number of fused-ring (bicyclic) bond motifs is 2.